The van der Waals surface area contributed by atoms with Crippen LogP contribution >= 0.6 is 23.2 Å². The summed E-state index contributed by atoms with van der Waals surface area (Å²) in [7, 11) is 0. The van der Waals surface area contributed by atoms with Crippen LogP contribution < -0.4 is 0 Å². The van der Waals surface area contributed by atoms with E-state index in [0.29, 0.717) is 10.0 Å². The maximum atomic E-state index is 5.90. The molecule has 0 N–H and O–H groups in total. The summed E-state index contributed by atoms with van der Waals surface area (Å²) in [5.41, 5.74) is 1.27. The van der Waals surface area contributed by atoms with Crippen molar-refractivity contribution in [3.8, 4) is 0 Å². The van der Waals surface area contributed by atoms with Crippen molar-refractivity contribution in [1.29, 1.82) is 0 Å². The maximum absolute atomic E-state index is 5.90. The third-order valence-corrected chi connectivity index (χ3v) is 2.73. The Kier molecular flexibility index (Phi) is 4.08. The van der Waals surface area contributed by atoms with Gasteiger partial charge in [-0.25, -0.2) is 0 Å². The van der Waals surface area contributed by atoms with Gasteiger partial charge >= 0.3 is 0 Å². The predicted octanol–water partition coefficient (Wildman–Crippen LogP) is 4.58. The third-order valence-electron chi connectivity index (χ3n) is 1.99. The molecule has 0 unspecified atom stereocenters. The van der Waals surface area contributed by atoms with Crippen molar-refractivity contribution in [1.82, 2.24) is 0 Å². The van der Waals surface area contributed by atoms with Crippen molar-refractivity contribution in [2.45, 2.75) is 26.7 Å². The van der Waals surface area contributed by atoms with E-state index < -0.39 is 0 Å². The Labute approximate surface area is 89.9 Å². The van der Waals surface area contributed by atoms with Crippen LogP contribution in [0.25, 0.3) is 0 Å². The SMILES string of the molecule is CC(C)CCc1ccc(Cl)c(Cl)c1. The molecular weight excluding hydrogens is 203 g/mol. The molecule has 0 aliphatic rings. The summed E-state index contributed by atoms with van der Waals surface area (Å²) in [5, 5.41) is 1.29. The summed E-state index contributed by atoms with van der Waals surface area (Å²) in [6.45, 7) is 4.44. The Morgan fingerprint density at radius 2 is 1.85 bits per heavy atom. The summed E-state index contributed by atoms with van der Waals surface area (Å²) < 4.78 is 0. The molecule has 2 heteroatoms. The van der Waals surface area contributed by atoms with E-state index in [1.54, 1.807) is 0 Å². The minimum Gasteiger partial charge on any atom is -0.0827 e. The van der Waals surface area contributed by atoms with Gasteiger partial charge in [-0.3, -0.25) is 0 Å². The van der Waals surface area contributed by atoms with Crippen LogP contribution in [0.2, 0.25) is 10.0 Å². The van der Waals surface area contributed by atoms with Gasteiger partial charge in [-0.15, -0.1) is 0 Å². The standard InChI is InChI=1S/C11H14Cl2/c1-8(2)3-4-9-5-6-10(12)11(13)7-9/h5-8H,3-4H2,1-2H3. The van der Waals surface area contributed by atoms with Crippen LogP contribution in [0.5, 0.6) is 0 Å². The van der Waals surface area contributed by atoms with Crippen LogP contribution in [-0.4, -0.2) is 0 Å². The van der Waals surface area contributed by atoms with Crippen molar-refractivity contribution in [2.24, 2.45) is 5.92 Å². The van der Waals surface area contributed by atoms with Crippen LogP contribution in [0, 0.1) is 5.92 Å². The quantitative estimate of drug-likeness (QED) is 0.694. The molecule has 72 valence electrons. The van der Waals surface area contributed by atoms with E-state index in [1.807, 2.05) is 18.2 Å². The molecule has 0 aliphatic carbocycles. The molecular formula is C11H14Cl2. The van der Waals surface area contributed by atoms with Gasteiger partial charge in [-0.1, -0.05) is 43.1 Å². The van der Waals surface area contributed by atoms with Gasteiger partial charge in [0, 0.05) is 0 Å². The number of aryl methyl sites for hydroxylation is 1. The van der Waals surface area contributed by atoms with E-state index in [0.717, 1.165) is 12.3 Å². The molecule has 0 heterocycles. The molecule has 0 amide bonds. The van der Waals surface area contributed by atoms with Gasteiger partial charge in [-0.05, 0) is 36.5 Å². The van der Waals surface area contributed by atoms with E-state index in [-0.39, 0.29) is 0 Å². The monoisotopic (exact) mass is 216 g/mol. The molecule has 0 aliphatic heterocycles. The molecule has 0 fully saturated rings. The van der Waals surface area contributed by atoms with E-state index in [9.17, 15) is 0 Å². The fourth-order valence-corrected chi connectivity index (χ4v) is 1.47. The highest BCUT2D eigenvalue weighted by Crippen LogP contribution is 2.23. The minimum absolute atomic E-state index is 0.634. The van der Waals surface area contributed by atoms with Crippen molar-refractivity contribution in [2.75, 3.05) is 0 Å². The molecule has 0 atom stereocenters. The average Bonchev–Trinajstić information content (AvgIpc) is 2.07. The fourth-order valence-electron chi connectivity index (χ4n) is 1.15. The molecule has 0 saturated heterocycles. The number of hydrogen-bond acceptors (Lipinski definition) is 0. The second-order valence-corrected chi connectivity index (χ2v) is 4.50. The zero-order chi connectivity index (χ0) is 9.84. The maximum Gasteiger partial charge on any atom is 0.0595 e. The average molecular weight is 217 g/mol. The first-order valence-corrected chi connectivity index (χ1v) is 5.29. The Morgan fingerprint density at radius 1 is 1.15 bits per heavy atom. The molecule has 0 spiro atoms. The number of benzene rings is 1. The van der Waals surface area contributed by atoms with Crippen LogP contribution in [0.3, 0.4) is 0 Å². The normalized spacial score (nSPS) is 10.8. The Hall–Kier alpha value is -0.200. The van der Waals surface area contributed by atoms with Crippen LogP contribution in [0.15, 0.2) is 18.2 Å². The lowest BCUT2D eigenvalue weighted by Gasteiger charge is -2.05. The second-order valence-electron chi connectivity index (χ2n) is 3.68. The second kappa shape index (κ2) is 4.88. The molecule has 13 heavy (non-hydrogen) atoms. The lowest BCUT2D eigenvalue weighted by atomic mass is 10.0. The highest BCUT2D eigenvalue weighted by atomic mass is 35.5. The number of hydrogen-bond donors (Lipinski definition) is 0. The van der Waals surface area contributed by atoms with Gasteiger partial charge in [0.25, 0.3) is 0 Å². The Bertz CT molecular complexity index is 279. The summed E-state index contributed by atoms with van der Waals surface area (Å²) >= 11 is 11.7. The van der Waals surface area contributed by atoms with E-state index in [1.165, 1.54) is 12.0 Å². The number of halogens is 2. The van der Waals surface area contributed by atoms with Gasteiger partial charge in [0.15, 0.2) is 0 Å². The zero-order valence-corrected chi connectivity index (χ0v) is 9.49. The molecule has 1 aromatic carbocycles. The Morgan fingerprint density at radius 3 is 2.38 bits per heavy atom. The molecule has 0 bridgehead atoms. The highest BCUT2D eigenvalue weighted by molar-refractivity contribution is 6.42. The van der Waals surface area contributed by atoms with Gasteiger partial charge < -0.3 is 0 Å². The summed E-state index contributed by atoms with van der Waals surface area (Å²) in [5.74, 6) is 0.731. The van der Waals surface area contributed by atoms with E-state index in [4.69, 9.17) is 23.2 Å². The Balaban J connectivity index is 2.63. The largest absolute Gasteiger partial charge is 0.0827 e. The first-order chi connectivity index (χ1) is 6.09. The van der Waals surface area contributed by atoms with E-state index in [2.05, 4.69) is 13.8 Å². The van der Waals surface area contributed by atoms with Crippen LogP contribution in [-0.2, 0) is 6.42 Å². The summed E-state index contributed by atoms with van der Waals surface area (Å²) in [6.07, 6.45) is 2.27. The fraction of sp³-hybridized carbons (Fsp3) is 0.455. The molecule has 1 rings (SSSR count). The molecule has 0 aromatic heterocycles. The molecule has 0 saturated carbocycles. The first kappa shape index (κ1) is 10.9. The topological polar surface area (TPSA) is 0 Å². The van der Waals surface area contributed by atoms with Gasteiger partial charge in [0.05, 0.1) is 10.0 Å². The third kappa shape index (κ3) is 3.58. The van der Waals surface area contributed by atoms with Crippen LogP contribution in [0.1, 0.15) is 25.8 Å². The smallest absolute Gasteiger partial charge is 0.0595 e. The minimum atomic E-state index is 0.634. The lowest BCUT2D eigenvalue weighted by Crippen LogP contribution is -1.91. The van der Waals surface area contributed by atoms with Crippen molar-refractivity contribution in [3.05, 3.63) is 33.8 Å². The van der Waals surface area contributed by atoms with Crippen molar-refractivity contribution < 1.29 is 0 Å². The molecule has 1 aromatic rings. The molecule has 0 radical (unpaired) electrons. The van der Waals surface area contributed by atoms with Gasteiger partial charge in [-0.2, -0.15) is 0 Å². The zero-order valence-electron chi connectivity index (χ0n) is 7.98. The summed E-state index contributed by atoms with van der Waals surface area (Å²) in [6, 6.07) is 5.85. The van der Waals surface area contributed by atoms with Crippen molar-refractivity contribution >= 4 is 23.2 Å². The number of rotatable bonds is 3. The van der Waals surface area contributed by atoms with Gasteiger partial charge in [0.2, 0.25) is 0 Å². The molecule has 0 nitrogen and oxygen atoms in total. The summed E-state index contributed by atoms with van der Waals surface area (Å²) in [4.78, 5) is 0. The lowest BCUT2D eigenvalue weighted by molar-refractivity contribution is 0.587. The predicted molar refractivity (Wildman–Crippen MR) is 59.6 cm³/mol. The first-order valence-electron chi connectivity index (χ1n) is 4.53. The van der Waals surface area contributed by atoms with E-state index >= 15 is 0 Å². The van der Waals surface area contributed by atoms with Crippen molar-refractivity contribution in [3.63, 3.8) is 0 Å². The van der Waals surface area contributed by atoms with Crippen LogP contribution in [0.4, 0.5) is 0 Å². The highest BCUT2D eigenvalue weighted by Gasteiger charge is 2.00. The van der Waals surface area contributed by atoms with Gasteiger partial charge in [0.1, 0.15) is 0 Å².